The normalized spacial score (nSPS) is 14.2. The Morgan fingerprint density at radius 1 is 1.32 bits per heavy atom. The van der Waals surface area contributed by atoms with Crippen LogP contribution in [0, 0.1) is 0 Å². The van der Waals surface area contributed by atoms with Crippen molar-refractivity contribution >= 4 is 23.4 Å². The van der Waals surface area contributed by atoms with Gasteiger partial charge in [-0.05, 0) is 31.5 Å². The minimum atomic E-state index is 0.338. The average molecular weight is 340 g/mol. The number of halogens is 1. The second-order valence-corrected chi connectivity index (χ2v) is 6.71. The molecule has 1 aromatic carbocycles. The van der Waals surface area contributed by atoms with E-state index in [0.29, 0.717) is 30.0 Å². The summed E-state index contributed by atoms with van der Waals surface area (Å²) in [5.74, 6) is 2.13. The highest BCUT2D eigenvalue weighted by molar-refractivity contribution is 7.98. The van der Waals surface area contributed by atoms with Crippen molar-refractivity contribution in [1.29, 1.82) is 0 Å². The molecule has 5 nitrogen and oxygen atoms in total. The van der Waals surface area contributed by atoms with Crippen molar-refractivity contribution in [3.05, 3.63) is 29.0 Å². The molecule has 3 rings (SSSR count). The summed E-state index contributed by atoms with van der Waals surface area (Å²) < 4.78 is 13.4. The lowest BCUT2D eigenvalue weighted by Gasteiger charge is -2.12. The van der Waals surface area contributed by atoms with Crippen molar-refractivity contribution in [3.8, 4) is 11.5 Å². The molecular weight excluding hydrogens is 322 g/mol. The first-order valence-electron chi connectivity index (χ1n) is 7.25. The monoisotopic (exact) mass is 339 g/mol. The largest absolute Gasteiger partial charge is 0.489 e. The van der Waals surface area contributed by atoms with Crippen molar-refractivity contribution in [1.82, 2.24) is 14.8 Å². The molecule has 0 saturated heterocycles. The summed E-state index contributed by atoms with van der Waals surface area (Å²) in [6, 6.07) is 4.26. The molecule has 2 aromatic rings. The number of rotatable bonds is 4. The van der Waals surface area contributed by atoms with E-state index in [4.69, 9.17) is 21.1 Å². The predicted molar refractivity (Wildman–Crippen MR) is 87.0 cm³/mol. The quantitative estimate of drug-likeness (QED) is 0.789. The van der Waals surface area contributed by atoms with Gasteiger partial charge in [-0.15, -0.1) is 10.2 Å². The van der Waals surface area contributed by atoms with Crippen LogP contribution in [0.15, 0.2) is 23.6 Å². The van der Waals surface area contributed by atoms with Crippen LogP contribution in [0.4, 0.5) is 0 Å². The third-order valence-corrected chi connectivity index (χ3v) is 4.64. The van der Waals surface area contributed by atoms with E-state index in [1.165, 1.54) is 0 Å². The van der Waals surface area contributed by atoms with Gasteiger partial charge in [0, 0.05) is 18.2 Å². The molecule has 7 heteroatoms. The van der Waals surface area contributed by atoms with Gasteiger partial charge in [0.25, 0.3) is 0 Å². The Morgan fingerprint density at radius 3 is 2.95 bits per heavy atom. The first kappa shape index (κ1) is 15.5. The van der Waals surface area contributed by atoms with E-state index in [2.05, 4.69) is 28.6 Å². The molecular formula is C15H18ClN3O2S. The van der Waals surface area contributed by atoms with Gasteiger partial charge in [-0.3, -0.25) is 0 Å². The molecule has 22 heavy (non-hydrogen) atoms. The van der Waals surface area contributed by atoms with E-state index in [1.54, 1.807) is 18.1 Å². The SMILES string of the molecule is CC(C)n1cnnc1SCc1cc(Cl)c2c(c1)OCCCO2. The van der Waals surface area contributed by atoms with Crippen LogP contribution in [0.2, 0.25) is 5.02 Å². The highest BCUT2D eigenvalue weighted by Crippen LogP contribution is 2.39. The van der Waals surface area contributed by atoms with E-state index in [-0.39, 0.29) is 0 Å². The minimum absolute atomic E-state index is 0.338. The van der Waals surface area contributed by atoms with Crippen LogP contribution in [0.5, 0.6) is 11.5 Å². The first-order chi connectivity index (χ1) is 10.6. The molecule has 0 atom stereocenters. The molecule has 1 aliphatic heterocycles. The van der Waals surface area contributed by atoms with Crippen molar-refractivity contribution in [3.63, 3.8) is 0 Å². The molecule has 2 heterocycles. The summed E-state index contributed by atoms with van der Waals surface area (Å²) in [5.41, 5.74) is 1.08. The van der Waals surface area contributed by atoms with Gasteiger partial charge in [-0.25, -0.2) is 0 Å². The van der Waals surface area contributed by atoms with Gasteiger partial charge in [0.1, 0.15) is 6.33 Å². The Balaban J connectivity index is 1.77. The fourth-order valence-corrected chi connectivity index (χ4v) is 3.47. The lowest BCUT2D eigenvalue weighted by atomic mass is 10.2. The van der Waals surface area contributed by atoms with E-state index < -0.39 is 0 Å². The third-order valence-electron chi connectivity index (χ3n) is 3.33. The van der Waals surface area contributed by atoms with Gasteiger partial charge in [0.15, 0.2) is 16.7 Å². The minimum Gasteiger partial charge on any atom is -0.489 e. The van der Waals surface area contributed by atoms with Crippen LogP contribution >= 0.6 is 23.4 Å². The third kappa shape index (κ3) is 3.33. The molecule has 1 aliphatic rings. The number of benzene rings is 1. The van der Waals surface area contributed by atoms with Gasteiger partial charge in [0.2, 0.25) is 0 Å². The summed E-state index contributed by atoms with van der Waals surface area (Å²) in [6.07, 6.45) is 2.63. The number of aromatic nitrogens is 3. The van der Waals surface area contributed by atoms with Gasteiger partial charge in [-0.1, -0.05) is 23.4 Å². The van der Waals surface area contributed by atoms with E-state index >= 15 is 0 Å². The lowest BCUT2D eigenvalue weighted by molar-refractivity contribution is 0.297. The molecule has 0 radical (unpaired) electrons. The average Bonchev–Trinajstić information content (AvgIpc) is 2.83. The molecule has 0 fully saturated rings. The molecule has 118 valence electrons. The number of nitrogens with zero attached hydrogens (tertiary/aromatic N) is 3. The molecule has 0 amide bonds. The molecule has 1 aromatic heterocycles. The van der Waals surface area contributed by atoms with Crippen LogP contribution in [-0.4, -0.2) is 28.0 Å². The van der Waals surface area contributed by atoms with Gasteiger partial charge in [0.05, 0.1) is 18.2 Å². The van der Waals surface area contributed by atoms with Crippen molar-refractivity contribution < 1.29 is 9.47 Å². The molecule has 0 bridgehead atoms. The smallest absolute Gasteiger partial charge is 0.191 e. The van der Waals surface area contributed by atoms with Crippen LogP contribution < -0.4 is 9.47 Å². The maximum absolute atomic E-state index is 6.31. The number of hydrogen-bond donors (Lipinski definition) is 0. The predicted octanol–water partition coefficient (Wildman–Crippen LogP) is 3.97. The first-order valence-corrected chi connectivity index (χ1v) is 8.62. The Bertz CT molecular complexity index is 660. The summed E-state index contributed by atoms with van der Waals surface area (Å²) in [6.45, 7) is 5.51. The maximum Gasteiger partial charge on any atom is 0.191 e. The summed E-state index contributed by atoms with van der Waals surface area (Å²) in [4.78, 5) is 0. The molecule has 0 saturated carbocycles. The zero-order valence-corrected chi connectivity index (χ0v) is 14.2. The van der Waals surface area contributed by atoms with E-state index in [1.807, 2.05) is 12.1 Å². The molecule has 0 unspecified atom stereocenters. The van der Waals surface area contributed by atoms with Gasteiger partial charge in [-0.2, -0.15) is 0 Å². The van der Waals surface area contributed by atoms with Crippen LogP contribution in [-0.2, 0) is 5.75 Å². The van der Waals surface area contributed by atoms with E-state index in [9.17, 15) is 0 Å². The highest BCUT2D eigenvalue weighted by atomic mass is 35.5. The molecule has 0 aliphatic carbocycles. The number of thioether (sulfide) groups is 1. The zero-order chi connectivity index (χ0) is 15.5. The molecule has 0 spiro atoms. The van der Waals surface area contributed by atoms with Crippen molar-refractivity contribution in [2.45, 2.75) is 37.2 Å². The Morgan fingerprint density at radius 2 is 2.14 bits per heavy atom. The fraction of sp³-hybridized carbons (Fsp3) is 0.467. The van der Waals surface area contributed by atoms with E-state index in [0.717, 1.165) is 28.6 Å². The zero-order valence-electron chi connectivity index (χ0n) is 12.6. The van der Waals surface area contributed by atoms with Crippen molar-refractivity contribution in [2.75, 3.05) is 13.2 Å². The Labute approximate surface area is 139 Å². The standard InChI is InChI=1S/C15H18ClN3O2S/c1-10(2)19-9-17-18-15(19)22-8-11-6-12(16)14-13(7-11)20-4-3-5-21-14/h6-7,9-10H,3-5,8H2,1-2H3. The summed E-state index contributed by atoms with van der Waals surface area (Å²) in [7, 11) is 0. The fourth-order valence-electron chi connectivity index (χ4n) is 2.20. The van der Waals surface area contributed by atoms with Crippen LogP contribution in [0.1, 0.15) is 31.9 Å². The lowest BCUT2D eigenvalue weighted by Crippen LogP contribution is -2.01. The number of hydrogen-bond acceptors (Lipinski definition) is 5. The van der Waals surface area contributed by atoms with Crippen LogP contribution in [0.3, 0.4) is 0 Å². The molecule has 0 N–H and O–H groups in total. The second kappa shape index (κ2) is 6.79. The maximum atomic E-state index is 6.31. The Hall–Kier alpha value is -1.40. The number of fused-ring (bicyclic) bond motifs is 1. The summed E-state index contributed by atoms with van der Waals surface area (Å²) >= 11 is 7.95. The topological polar surface area (TPSA) is 49.2 Å². The van der Waals surface area contributed by atoms with Gasteiger partial charge < -0.3 is 14.0 Å². The number of ether oxygens (including phenoxy) is 2. The second-order valence-electron chi connectivity index (χ2n) is 5.36. The summed E-state index contributed by atoms with van der Waals surface area (Å²) in [5, 5.41) is 9.64. The van der Waals surface area contributed by atoms with Crippen LogP contribution in [0.25, 0.3) is 0 Å². The highest BCUT2D eigenvalue weighted by Gasteiger charge is 2.16. The van der Waals surface area contributed by atoms with Crippen molar-refractivity contribution in [2.24, 2.45) is 0 Å². The van der Waals surface area contributed by atoms with Gasteiger partial charge >= 0.3 is 0 Å². The Kier molecular flexibility index (Phi) is 4.78.